The van der Waals surface area contributed by atoms with E-state index in [1.54, 1.807) is 25.1 Å². The van der Waals surface area contributed by atoms with Crippen molar-refractivity contribution >= 4 is 39.0 Å². The highest BCUT2D eigenvalue weighted by Gasteiger charge is 2.14. The van der Waals surface area contributed by atoms with Crippen LogP contribution in [-0.4, -0.2) is 13.1 Å². The van der Waals surface area contributed by atoms with E-state index in [9.17, 15) is 9.18 Å². The fourth-order valence-corrected chi connectivity index (χ4v) is 2.23. The molecule has 3 N–H and O–H groups in total. The number of methoxy groups -OCH3 is 1. The zero-order chi connectivity index (χ0) is 15.6. The predicted molar refractivity (Wildman–Crippen MR) is 84.3 cm³/mol. The summed E-state index contributed by atoms with van der Waals surface area (Å²) in [4.78, 5) is 11.7. The number of anilines is 3. The molecule has 0 bridgehead atoms. The Bertz CT molecular complexity index is 704. The van der Waals surface area contributed by atoms with Crippen molar-refractivity contribution in [1.82, 2.24) is 0 Å². The predicted octanol–water partition coefficient (Wildman–Crippen LogP) is 4.01. The summed E-state index contributed by atoms with van der Waals surface area (Å²) >= 11 is 3.20. The van der Waals surface area contributed by atoms with E-state index in [0.717, 1.165) is 0 Å². The average molecular weight is 353 g/mol. The number of nitrogens with one attached hydrogen (secondary N) is 1. The monoisotopic (exact) mass is 352 g/mol. The molecule has 0 aliphatic rings. The van der Waals surface area contributed by atoms with Crippen molar-refractivity contribution < 1.29 is 13.9 Å². The summed E-state index contributed by atoms with van der Waals surface area (Å²) in [6.07, 6.45) is 0. The largest absolute Gasteiger partial charge is 0.465 e. The number of halogens is 2. The number of ether oxygens (including phenoxy) is 1. The van der Waals surface area contributed by atoms with Crippen LogP contribution in [0.15, 0.2) is 34.8 Å². The van der Waals surface area contributed by atoms with Gasteiger partial charge in [-0.1, -0.05) is 15.9 Å². The van der Waals surface area contributed by atoms with Gasteiger partial charge in [0.15, 0.2) is 0 Å². The van der Waals surface area contributed by atoms with Crippen molar-refractivity contribution in [3.63, 3.8) is 0 Å². The van der Waals surface area contributed by atoms with Crippen molar-refractivity contribution in [3.05, 3.63) is 51.7 Å². The summed E-state index contributed by atoms with van der Waals surface area (Å²) in [7, 11) is 1.28. The van der Waals surface area contributed by atoms with E-state index in [-0.39, 0.29) is 5.56 Å². The van der Waals surface area contributed by atoms with Gasteiger partial charge in [0.1, 0.15) is 5.82 Å². The zero-order valence-electron chi connectivity index (χ0n) is 11.5. The molecule has 6 heteroatoms. The third-order valence-corrected chi connectivity index (χ3v) is 3.50. The molecular formula is C15H14BrFN2O2. The average Bonchev–Trinajstić information content (AvgIpc) is 2.44. The van der Waals surface area contributed by atoms with E-state index in [0.29, 0.717) is 27.1 Å². The van der Waals surface area contributed by atoms with Crippen molar-refractivity contribution in [2.24, 2.45) is 0 Å². The highest BCUT2D eigenvalue weighted by atomic mass is 79.9. The van der Waals surface area contributed by atoms with Gasteiger partial charge in [-0.3, -0.25) is 0 Å². The van der Waals surface area contributed by atoms with Crippen molar-refractivity contribution in [2.75, 3.05) is 18.2 Å². The summed E-state index contributed by atoms with van der Waals surface area (Å²) in [6.45, 7) is 1.77. The lowest BCUT2D eigenvalue weighted by Crippen LogP contribution is -2.08. The molecule has 2 rings (SSSR count). The molecule has 110 valence electrons. The summed E-state index contributed by atoms with van der Waals surface area (Å²) in [5, 5.41) is 2.93. The zero-order valence-corrected chi connectivity index (χ0v) is 13.1. The molecule has 0 saturated carbocycles. The highest BCUT2D eigenvalue weighted by Crippen LogP contribution is 2.28. The number of carbonyl (C=O) groups is 1. The molecule has 2 aromatic rings. The molecule has 0 amide bonds. The van der Waals surface area contributed by atoms with Crippen LogP contribution in [-0.2, 0) is 4.74 Å². The van der Waals surface area contributed by atoms with Gasteiger partial charge in [-0.15, -0.1) is 0 Å². The number of rotatable bonds is 3. The van der Waals surface area contributed by atoms with Crippen LogP contribution in [0.1, 0.15) is 15.9 Å². The van der Waals surface area contributed by atoms with Gasteiger partial charge < -0.3 is 15.8 Å². The van der Waals surface area contributed by atoms with Gasteiger partial charge in [0.2, 0.25) is 0 Å². The van der Waals surface area contributed by atoms with Gasteiger partial charge in [0.25, 0.3) is 0 Å². The van der Waals surface area contributed by atoms with Crippen LogP contribution < -0.4 is 11.1 Å². The number of esters is 1. The van der Waals surface area contributed by atoms with Crippen molar-refractivity contribution in [1.29, 1.82) is 0 Å². The number of carbonyl (C=O) groups excluding carboxylic acids is 1. The lowest BCUT2D eigenvalue weighted by molar-refractivity contribution is 0.0602. The summed E-state index contributed by atoms with van der Waals surface area (Å²) < 4.78 is 19.2. The molecule has 21 heavy (non-hydrogen) atoms. The molecule has 0 aromatic heterocycles. The molecule has 0 radical (unpaired) electrons. The van der Waals surface area contributed by atoms with Crippen LogP contribution in [0.2, 0.25) is 0 Å². The van der Waals surface area contributed by atoms with Gasteiger partial charge in [-0.2, -0.15) is 0 Å². The molecule has 0 heterocycles. The van der Waals surface area contributed by atoms with Crippen LogP contribution in [0, 0.1) is 12.7 Å². The molecule has 0 aliphatic carbocycles. The maximum atomic E-state index is 13.8. The Morgan fingerprint density at radius 3 is 2.67 bits per heavy atom. The Hall–Kier alpha value is -2.08. The van der Waals surface area contributed by atoms with E-state index in [1.807, 2.05) is 0 Å². The quantitative estimate of drug-likeness (QED) is 0.647. The van der Waals surface area contributed by atoms with Gasteiger partial charge >= 0.3 is 5.97 Å². The molecule has 2 aromatic carbocycles. The second kappa shape index (κ2) is 6.13. The smallest absolute Gasteiger partial charge is 0.340 e. The van der Waals surface area contributed by atoms with Crippen LogP contribution in [0.3, 0.4) is 0 Å². The molecule has 0 unspecified atom stereocenters. The molecule has 4 nitrogen and oxygen atoms in total. The minimum absolute atomic E-state index is 0.248. The fraction of sp³-hybridized carbons (Fsp3) is 0.133. The number of benzene rings is 2. The SMILES string of the molecule is COC(=O)c1cc(Nc2ccc(Br)cc2F)cc(C)c1N. The Morgan fingerprint density at radius 2 is 2.05 bits per heavy atom. The minimum Gasteiger partial charge on any atom is -0.465 e. The minimum atomic E-state index is -0.532. The summed E-state index contributed by atoms with van der Waals surface area (Å²) in [6, 6.07) is 7.95. The summed E-state index contributed by atoms with van der Waals surface area (Å²) in [5.41, 5.74) is 8.03. The van der Waals surface area contributed by atoms with E-state index in [4.69, 9.17) is 5.73 Å². The normalized spacial score (nSPS) is 10.3. The molecule has 0 saturated heterocycles. The summed E-state index contributed by atoms with van der Waals surface area (Å²) in [5.74, 6) is -0.936. The lowest BCUT2D eigenvalue weighted by Gasteiger charge is -2.13. The van der Waals surface area contributed by atoms with Crippen molar-refractivity contribution in [3.8, 4) is 0 Å². The Morgan fingerprint density at radius 1 is 1.33 bits per heavy atom. The van der Waals surface area contributed by atoms with E-state index >= 15 is 0 Å². The maximum Gasteiger partial charge on any atom is 0.340 e. The number of nitrogens with two attached hydrogens (primary N) is 1. The third-order valence-electron chi connectivity index (χ3n) is 3.00. The van der Waals surface area contributed by atoms with Gasteiger partial charge in [-0.25, -0.2) is 9.18 Å². The molecular weight excluding hydrogens is 339 g/mol. The number of hydrogen-bond acceptors (Lipinski definition) is 4. The topological polar surface area (TPSA) is 64.3 Å². The molecule has 0 aliphatic heterocycles. The second-order valence-corrected chi connectivity index (χ2v) is 5.41. The van der Waals surface area contributed by atoms with Crippen LogP contribution in [0.5, 0.6) is 0 Å². The first-order valence-electron chi connectivity index (χ1n) is 6.13. The van der Waals surface area contributed by atoms with Gasteiger partial charge in [0.05, 0.1) is 18.4 Å². The van der Waals surface area contributed by atoms with Gasteiger partial charge in [0, 0.05) is 15.8 Å². The molecule has 0 spiro atoms. The first-order valence-corrected chi connectivity index (χ1v) is 6.92. The van der Waals surface area contributed by atoms with E-state index in [2.05, 4.69) is 26.0 Å². The van der Waals surface area contributed by atoms with Crippen LogP contribution in [0.25, 0.3) is 0 Å². The lowest BCUT2D eigenvalue weighted by atomic mass is 10.1. The standard InChI is InChI=1S/C15H14BrFN2O2/c1-8-5-10(7-11(14(8)18)15(20)21-2)19-13-4-3-9(16)6-12(13)17/h3-7,19H,18H2,1-2H3. The van der Waals surface area contributed by atoms with Crippen molar-refractivity contribution in [2.45, 2.75) is 6.92 Å². The molecule has 0 atom stereocenters. The van der Waals surface area contributed by atoms with E-state index in [1.165, 1.54) is 19.2 Å². The second-order valence-electron chi connectivity index (χ2n) is 4.50. The third kappa shape index (κ3) is 3.33. The van der Waals surface area contributed by atoms with E-state index < -0.39 is 11.8 Å². The fourth-order valence-electron chi connectivity index (χ4n) is 1.90. The maximum absolute atomic E-state index is 13.8. The number of aryl methyl sites for hydroxylation is 1. The molecule has 0 fully saturated rings. The van der Waals surface area contributed by atoms with Crippen LogP contribution in [0.4, 0.5) is 21.5 Å². The van der Waals surface area contributed by atoms with Gasteiger partial charge in [-0.05, 0) is 42.8 Å². The number of hydrogen-bond donors (Lipinski definition) is 2. The first kappa shape index (κ1) is 15.3. The Kier molecular flexibility index (Phi) is 4.47. The highest BCUT2D eigenvalue weighted by molar-refractivity contribution is 9.10. The number of nitrogen functional groups attached to an aromatic ring is 1. The Balaban J connectivity index is 2.40. The van der Waals surface area contributed by atoms with Crippen LogP contribution >= 0.6 is 15.9 Å². The Labute approximate surface area is 130 Å². The first-order chi connectivity index (χ1) is 9.92.